The van der Waals surface area contributed by atoms with Crippen molar-refractivity contribution in [2.45, 2.75) is 84.6 Å². The SMILES string of the molecule is CCC[C@H](C)N(C(=O)N[C@@H](CCc1ccccc1)C(=O)COCc1ccccc1)C(=O)OC(C)(C)C. The third-order valence-corrected chi connectivity index (χ3v) is 5.56. The van der Waals surface area contributed by atoms with Gasteiger partial charge in [-0.05, 0) is 58.1 Å². The average Bonchev–Trinajstić information content (AvgIpc) is 2.82. The minimum absolute atomic E-state index is 0.147. The number of carbonyl (C=O) groups excluding carboxylic acids is 3. The first kappa shape index (κ1) is 29.0. The van der Waals surface area contributed by atoms with E-state index < -0.39 is 23.8 Å². The molecule has 36 heavy (non-hydrogen) atoms. The zero-order chi connectivity index (χ0) is 26.6. The number of hydrogen-bond acceptors (Lipinski definition) is 5. The van der Waals surface area contributed by atoms with Crippen molar-refractivity contribution in [1.29, 1.82) is 0 Å². The Morgan fingerprint density at radius 3 is 2.06 bits per heavy atom. The zero-order valence-electron chi connectivity index (χ0n) is 22.2. The molecule has 0 aliphatic heterocycles. The molecule has 7 nitrogen and oxygen atoms in total. The zero-order valence-corrected chi connectivity index (χ0v) is 22.2. The summed E-state index contributed by atoms with van der Waals surface area (Å²) in [6.45, 7) is 9.19. The van der Waals surface area contributed by atoms with E-state index in [-0.39, 0.29) is 18.4 Å². The fraction of sp³-hybridized carbons (Fsp3) is 0.483. The van der Waals surface area contributed by atoms with E-state index in [0.717, 1.165) is 22.4 Å². The number of Topliss-reactive ketones (excluding diaryl/α,β-unsaturated/α-hetero) is 1. The lowest BCUT2D eigenvalue weighted by Gasteiger charge is -2.31. The summed E-state index contributed by atoms with van der Waals surface area (Å²) >= 11 is 0. The van der Waals surface area contributed by atoms with Crippen LogP contribution >= 0.6 is 0 Å². The minimum Gasteiger partial charge on any atom is -0.443 e. The fourth-order valence-corrected chi connectivity index (χ4v) is 3.75. The molecule has 2 aromatic rings. The molecule has 0 unspecified atom stereocenters. The smallest absolute Gasteiger partial charge is 0.418 e. The van der Waals surface area contributed by atoms with Gasteiger partial charge in [-0.2, -0.15) is 0 Å². The van der Waals surface area contributed by atoms with Gasteiger partial charge in [0.15, 0.2) is 5.78 Å². The number of benzene rings is 2. The van der Waals surface area contributed by atoms with Gasteiger partial charge in [0, 0.05) is 6.04 Å². The molecule has 0 bridgehead atoms. The lowest BCUT2D eigenvalue weighted by molar-refractivity contribution is -0.126. The Morgan fingerprint density at radius 1 is 0.917 bits per heavy atom. The summed E-state index contributed by atoms with van der Waals surface area (Å²) < 4.78 is 11.1. The molecule has 0 spiro atoms. The predicted octanol–water partition coefficient (Wildman–Crippen LogP) is 5.91. The normalized spacial score (nSPS) is 12.9. The number of nitrogens with zero attached hydrogens (tertiary/aromatic N) is 1. The van der Waals surface area contributed by atoms with E-state index in [0.29, 0.717) is 25.9 Å². The number of amides is 3. The van der Waals surface area contributed by atoms with Gasteiger partial charge in [0.1, 0.15) is 12.2 Å². The van der Waals surface area contributed by atoms with Gasteiger partial charge in [-0.25, -0.2) is 14.5 Å². The topological polar surface area (TPSA) is 84.9 Å². The highest BCUT2D eigenvalue weighted by Gasteiger charge is 2.33. The van der Waals surface area contributed by atoms with Crippen molar-refractivity contribution in [3.63, 3.8) is 0 Å². The molecule has 3 amide bonds. The van der Waals surface area contributed by atoms with Crippen molar-refractivity contribution < 1.29 is 23.9 Å². The van der Waals surface area contributed by atoms with Crippen molar-refractivity contribution in [1.82, 2.24) is 10.2 Å². The van der Waals surface area contributed by atoms with Crippen molar-refractivity contribution in [3.05, 3.63) is 71.8 Å². The fourth-order valence-electron chi connectivity index (χ4n) is 3.75. The van der Waals surface area contributed by atoms with E-state index in [2.05, 4.69) is 5.32 Å². The molecule has 1 N–H and O–H groups in total. The number of rotatable bonds is 12. The quantitative estimate of drug-likeness (QED) is 0.395. The van der Waals surface area contributed by atoms with Crippen LogP contribution in [0, 0.1) is 0 Å². The van der Waals surface area contributed by atoms with Gasteiger partial charge in [-0.1, -0.05) is 74.0 Å². The van der Waals surface area contributed by atoms with Crippen molar-refractivity contribution in [2.24, 2.45) is 0 Å². The Bertz CT molecular complexity index is 957. The average molecular weight is 497 g/mol. The summed E-state index contributed by atoms with van der Waals surface area (Å²) in [5.41, 5.74) is 1.26. The number of ether oxygens (including phenoxy) is 2. The second-order valence-electron chi connectivity index (χ2n) is 9.96. The van der Waals surface area contributed by atoms with Crippen LogP contribution in [-0.4, -0.2) is 47.1 Å². The highest BCUT2D eigenvalue weighted by atomic mass is 16.6. The van der Waals surface area contributed by atoms with Crippen molar-refractivity contribution >= 4 is 17.9 Å². The van der Waals surface area contributed by atoms with E-state index in [1.165, 1.54) is 0 Å². The highest BCUT2D eigenvalue weighted by molar-refractivity contribution is 5.95. The van der Waals surface area contributed by atoms with Crippen LogP contribution in [0.1, 0.15) is 65.0 Å². The molecule has 0 saturated carbocycles. The number of carbonyl (C=O) groups is 3. The Balaban J connectivity index is 2.14. The van der Waals surface area contributed by atoms with Gasteiger partial charge in [-0.15, -0.1) is 0 Å². The Morgan fingerprint density at radius 2 is 1.50 bits per heavy atom. The maximum atomic E-state index is 13.3. The summed E-state index contributed by atoms with van der Waals surface area (Å²) in [6.07, 6.45) is 1.66. The van der Waals surface area contributed by atoms with Crippen molar-refractivity contribution in [2.75, 3.05) is 6.61 Å². The third kappa shape index (κ3) is 10.2. The second kappa shape index (κ2) is 14.4. The van der Waals surface area contributed by atoms with E-state index in [4.69, 9.17) is 9.47 Å². The van der Waals surface area contributed by atoms with Crippen LogP contribution in [0.5, 0.6) is 0 Å². The number of urea groups is 1. The first-order chi connectivity index (χ1) is 17.1. The lowest BCUT2D eigenvalue weighted by atomic mass is 10.0. The Labute approximate surface area is 215 Å². The molecule has 0 fully saturated rings. The summed E-state index contributed by atoms with van der Waals surface area (Å²) in [6, 6.07) is 17.5. The number of aryl methyl sites for hydroxylation is 1. The maximum absolute atomic E-state index is 13.3. The summed E-state index contributed by atoms with van der Waals surface area (Å²) in [7, 11) is 0. The van der Waals surface area contributed by atoms with Gasteiger partial charge >= 0.3 is 12.1 Å². The molecule has 2 rings (SSSR count). The van der Waals surface area contributed by atoms with Crippen LogP contribution in [0.25, 0.3) is 0 Å². The monoisotopic (exact) mass is 496 g/mol. The van der Waals surface area contributed by atoms with Gasteiger partial charge in [-0.3, -0.25) is 4.79 Å². The number of imide groups is 1. The summed E-state index contributed by atoms with van der Waals surface area (Å²) in [5, 5.41) is 2.80. The molecule has 2 aromatic carbocycles. The van der Waals surface area contributed by atoms with Crippen LogP contribution in [0.15, 0.2) is 60.7 Å². The van der Waals surface area contributed by atoms with Gasteiger partial charge in [0.05, 0.1) is 12.6 Å². The molecule has 7 heteroatoms. The molecule has 0 radical (unpaired) electrons. The van der Waals surface area contributed by atoms with Crippen LogP contribution in [0.3, 0.4) is 0 Å². The Kier molecular flexibility index (Phi) is 11.6. The molecule has 196 valence electrons. The first-order valence-corrected chi connectivity index (χ1v) is 12.6. The van der Waals surface area contributed by atoms with Gasteiger partial charge < -0.3 is 14.8 Å². The predicted molar refractivity (Wildman–Crippen MR) is 141 cm³/mol. The largest absolute Gasteiger partial charge is 0.443 e. The molecule has 0 aliphatic rings. The number of hydrogen-bond donors (Lipinski definition) is 1. The molecule has 0 saturated heterocycles. The molecular formula is C29H40N2O5. The van der Waals surface area contributed by atoms with Crippen molar-refractivity contribution in [3.8, 4) is 0 Å². The summed E-state index contributed by atoms with van der Waals surface area (Å²) in [5.74, 6) is -0.248. The maximum Gasteiger partial charge on any atom is 0.418 e. The van der Waals surface area contributed by atoms with Crippen LogP contribution < -0.4 is 5.32 Å². The molecule has 0 aliphatic carbocycles. The number of ketones is 1. The third-order valence-electron chi connectivity index (χ3n) is 5.56. The van der Waals surface area contributed by atoms with E-state index >= 15 is 0 Å². The van der Waals surface area contributed by atoms with E-state index in [1.54, 1.807) is 27.7 Å². The Hall–Kier alpha value is -3.19. The highest BCUT2D eigenvalue weighted by Crippen LogP contribution is 2.16. The van der Waals surface area contributed by atoms with E-state index in [9.17, 15) is 14.4 Å². The van der Waals surface area contributed by atoms with E-state index in [1.807, 2.05) is 67.6 Å². The lowest BCUT2D eigenvalue weighted by Crippen LogP contribution is -2.54. The standard InChI is InChI=1S/C29H40N2O5/c1-6-13-22(2)31(28(34)36-29(3,4)5)27(33)30-25(19-18-23-14-9-7-10-15-23)26(32)21-35-20-24-16-11-8-12-17-24/h7-12,14-17,22,25H,6,13,18-21H2,1-5H3,(H,30,33)/t22-,25-/m0/s1. The van der Waals surface area contributed by atoms with Gasteiger partial charge in [0.2, 0.25) is 0 Å². The first-order valence-electron chi connectivity index (χ1n) is 12.6. The summed E-state index contributed by atoms with van der Waals surface area (Å²) in [4.78, 5) is 40.5. The van der Waals surface area contributed by atoms with Gasteiger partial charge in [0.25, 0.3) is 0 Å². The van der Waals surface area contributed by atoms with Crippen LogP contribution in [0.4, 0.5) is 9.59 Å². The number of nitrogens with one attached hydrogen (secondary N) is 1. The minimum atomic E-state index is -0.813. The molecular weight excluding hydrogens is 456 g/mol. The second-order valence-corrected chi connectivity index (χ2v) is 9.96. The molecule has 0 aromatic heterocycles. The van der Waals surface area contributed by atoms with Crippen LogP contribution in [0.2, 0.25) is 0 Å². The van der Waals surface area contributed by atoms with Crippen LogP contribution in [-0.2, 0) is 27.3 Å². The molecule has 2 atom stereocenters. The molecule has 0 heterocycles.